The van der Waals surface area contributed by atoms with E-state index in [0.717, 1.165) is 22.3 Å². The number of imidazole rings is 1. The van der Waals surface area contributed by atoms with Gasteiger partial charge in [-0.25, -0.2) is 9.37 Å². The van der Waals surface area contributed by atoms with Gasteiger partial charge in [0.1, 0.15) is 11.6 Å². The Morgan fingerprint density at radius 2 is 1.32 bits per heavy atom. The maximum absolute atomic E-state index is 13.0. The monoisotopic (exact) mass is 450 g/mol. The Bertz CT molecular complexity index is 1480. The van der Waals surface area contributed by atoms with Crippen LogP contribution in [0.2, 0.25) is 0 Å². The third-order valence-electron chi connectivity index (χ3n) is 5.30. The minimum Gasteiger partial charge on any atom is -0.338 e. The van der Waals surface area contributed by atoms with E-state index in [-0.39, 0.29) is 17.6 Å². The van der Waals surface area contributed by atoms with Crippen LogP contribution in [0.3, 0.4) is 0 Å². The zero-order valence-electron chi connectivity index (χ0n) is 17.9. The molecule has 1 aromatic heterocycles. The van der Waals surface area contributed by atoms with Crippen LogP contribution >= 0.6 is 0 Å². The molecule has 0 aliphatic carbocycles. The molecule has 5 aromatic rings. The molecule has 0 atom stereocenters. The topological polar surface area (TPSA) is 86.9 Å². The fraction of sp³-hybridized carbons (Fsp3) is 0. The van der Waals surface area contributed by atoms with Gasteiger partial charge < -0.3 is 15.6 Å². The molecule has 5 rings (SSSR count). The molecule has 0 fully saturated rings. The molecule has 0 aliphatic rings. The highest BCUT2D eigenvalue weighted by molar-refractivity contribution is 6.06. The Kier molecular flexibility index (Phi) is 5.58. The molecule has 1 heterocycles. The van der Waals surface area contributed by atoms with Crippen molar-refractivity contribution in [1.82, 2.24) is 9.97 Å². The summed E-state index contributed by atoms with van der Waals surface area (Å²) in [5.41, 5.74) is 4.47. The van der Waals surface area contributed by atoms with Gasteiger partial charge in [0, 0.05) is 28.1 Å². The molecule has 0 saturated carbocycles. The first-order valence-corrected chi connectivity index (χ1v) is 10.6. The lowest BCUT2D eigenvalue weighted by Gasteiger charge is -2.05. The number of H-pyrrole nitrogens is 1. The van der Waals surface area contributed by atoms with Crippen LogP contribution in [0.15, 0.2) is 97.1 Å². The predicted molar refractivity (Wildman–Crippen MR) is 130 cm³/mol. The number of anilines is 2. The largest absolute Gasteiger partial charge is 0.338 e. The summed E-state index contributed by atoms with van der Waals surface area (Å²) in [6.07, 6.45) is 0. The molecule has 7 heteroatoms. The number of aromatic nitrogens is 2. The molecule has 2 amide bonds. The molecule has 0 unspecified atom stereocenters. The summed E-state index contributed by atoms with van der Waals surface area (Å²) >= 11 is 0. The Morgan fingerprint density at radius 3 is 2.03 bits per heavy atom. The number of rotatable bonds is 5. The Hall–Kier alpha value is -4.78. The van der Waals surface area contributed by atoms with Gasteiger partial charge in [0.2, 0.25) is 0 Å². The van der Waals surface area contributed by atoms with Crippen LogP contribution in [0.4, 0.5) is 15.8 Å². The average molecular weight is 450 g/mol. The fourth-order valence-corrected chi connectivity index (χ4v) is 3.53. The van der Waals surface area contributed by atoms with E-state index < -0.39 is 0 Å². The van der Waals surface area contributed by atoms with Crippen molar-refractivity contribution in [3.05, 3.63) is 114 Å². The summed E-state index contributed by atoms with van der Waals surface area (Å²) in [6.45, 7) is 0. The molecule has 0 radical (unpaired) electrons. The van der Waals surface area contributed by atoms with Crippen molar-refractivity contribution in [1.29, 1.82) is 0 Å². The standard InChI is InChI=1S/C27H19FN4O2/c28-20-11-13-22(14-12-20)30-26(33)18-8-6-17(7-9-18)25-31-23-15-10-19(16-24(23)32-25)27(34)29-21-4-2-1-3-5-21/h1-16H,(H,29,34)(H,30,33)(H,31,32). The van der Waals surface area contributed by atoms with Gasteiger partial charge in [-0.05, 0) is 66.7 Å². The van der Waals surface area contributed by atoms with Gasteiger partial charge in [0.15, 0.2) is 0 Å². The van der Waals surface area contributed by atoms with Crippen LogP contribution in [0.5, 0.6) is 0 Å². The molecule has 0 bridgehead atoms. The number of hydrogen-bond donors (Lipinski definition) is 3. The number of nitrogens with zero attached hydrogens (tertiary/aromatic N) is 1. The highest BCUT2D eigenvalue weighted by Gasteiger charge is 2.12. The van der Waals surface area contributed by atoms with Crippen molar-refractivity contribution in [2.45, 2.75) is 0 Å². The minimum atomic E-state index is -0.364. The zero-order chi connectivity index (χ0) is 23.5. The van der Waals surface area contributed by atoms with E-state index in [2.05, 4.69) is 20.6 Å². The lowest BCUT2D eigenvalue weighted by Crippen LogP contribution is -2.11. The van der Waals surface area contributed by atoms with Crippen molar-refractivity contribution >= 4 is 34.2 Å². The summed E-state index contributed by atoms with van der Waals surface area (Å²) < 4.78 is 13.0. The number of halogens is 1. The second kappa shape index (κ2) is 8.99. The van der Waals surface area contributed by atoms with Crippen molar-refractivity contribution < 1.29 is 14.0 Å². The second-order valence-electron chi connectivity index (χ2n) is 7.68. The molecule has 0 spiro atoms. The molecule has 166 valence electrons. The lowest BCUT2D eigenvalue weighted by atomic mass is 10.1. The summed E-state index contributed by atoms with van der Waals surface area (Å²) in [5.74, 6) is -0.240. The normalized spacial score (nSPS) is 10.7. The van der Waals surface area contributed by atoms with E-state index >= 15 is 0 Å². The molecule has 0 aliphatic heterocycles. The molecule has 3 N–H and O–H groups in total. The summed E-state index contributed by atoms with van der Waals surface area (Å²) in [5, 5.41) is 5.60. The van der Waals surface area contributed by atoms with Gasteiger partial charge >= 0.3 is 0 Å². The summed E-state index contributed by atoms with van der Waals surface area (Å²) in [4.78, 5) is 32.9. The molecule has 34 heavy (non-hydrogen) atoms. The molecule has 0 saturated heterocycles. The Labute approximate surface area is 194 Å². The number of nitrogens with one attached hydrogen (secondary N) is 3. The van der Waals surface area contributed by atoms with E-state index in [1.54, 1.807) is 42.5 Å². The lowest BCUT2D eigenvalue weighted by molar-refractivity contribution is 0.101. The van der Waals surface area contributed by atoms with Crippen LogP contribution in [0.1, 0.15) is 20.7 Å². The van der Waals surface area contributed by atoms with E-state index in [0.29, 0.717) is 22.6 Å². The number of carbonyl (C=O) groups excluding carboxylic acids is 2. The van der Waals surface area contributed by atoms with Crippen molar-refractivity contribution in [2.75, 3.05) is 10.6 Å². The van der Waals surface area contributed by atoms with Crippen LogP contribution in [0, 0.1) is 5.82 Å². The van der Waals surface area contributed by atoms with Gasteiger partial charge in [-0.1, -0.05) is 30.3 Å². The number of hydrogen-bond acceptors (Lipinski definition) is 3. The van der Waals surface area contributed by atoms with Crippen molar-refractivity contribution in [3.8, 4) is 11.4 Å². The molecule has 6 nitrogen and oxygen atoms in total. The molecular formula is C27H19FN4O2. The second-order valence-corrected chi connectivity index (χ2v) is 7.68. The van der Waals surface area contributed by atoms with Gasteiger partial charge in [0.25, 0.3) is 11.8 Å². The summed E-state index contributed by atoms with van der Waals surface area (Å²) in [6, 6.07) is 27.1. The van der Waals surface area contributed by atoms with E-state index in [1.165, 1.54) is 24.3 Å². The highest BCUT2D eigenvalue weighted by atomic mass is 19.1. The Morgan fingerprint density at radius 1 is 0.706 bits per heavy atom. The summed E-state index contributed by atoms with van der Waals surface area (Å²) in [7, 11) is 0. The predicted octanol–water partition coefficient (Wildman–Crippen LogP) is 5.87. The van der Waals surface area contributed by atoms with E-state index in [9.17, 15) is 14.0 Å². The third-order valence-corrected chi connectivity index (χ3v) is 5.30. The minimum absolute atomic E-state index is 0.208. The Balaban J connectivity index is 1.32. The average Bonchev–Trinajstić information content (AvgIpc) is 3.30. The first-order valence-electron chi connectivity index (χ1n) is 10.6. The number of para-hydroxylation sites is 1. The molecular weight excluding hydrogens is 431 g/mol. The van der Waals surface area contributed by atoms with Crippen LogP contribution in [0.25, 0.3) is 22.4 Å². The number of carbonyl (C=O) groups is 2. The van der Waals surface area contributed by atoms with Crippen LogP contribution in [-0.2, 0) is 0 Å². The maximum Gasteiger partial charge on any atom is 0.255 e. The first kappa shape index (κ1) is 21.1. The number of amides is 2. The maximum atomic E-state index is 13.0. The number of benzene rings is 4. The van der Waals surface area contributed by atoms with Gasteiger partial charge in [-0.2, -0.15) is 0 Å². The number of aromatic amines is 1. The fourth-order valence-electron chi connectivity index (χ4n) is 3.53. The van der Waals surface area contributed by atoms with Crippen LogP contribution < -0.4 is 10.6 Å². The van der Waals surface area contributed by atoms with E-state index in [1.807, 2.05) is 30.3 Å². The van der Waals surface area contributed by atoms with Gasteiger partial charge in [0.05, 0.1) is 11.0 Å². The SMILES string of the molecule is O=C(Nc1ccc(F)cc1)c1ccc(-c2nc3ccc(C(=O)Nc4ccccc4)cc3[nH]2)cc1. The highest BCUT2D eigenvalue weighted by Crippen LogP contribution is 2.23. The quantitative estimate of drug-likeness (QED) is 0.313. The van der Waals surface area contributed by atoms with Crippen molar-refractivity contribution in [3.63, 3.8) is 0 Å². The first-order chi connectivity index (χ1) is 16.5. The molecule has 4 aromatic carbocycles. The zero-order valence-corrected chi connectivity index (χ0v) is 17.9. The van der Waals surface area contributed by atoms with Gasteiger partial charge in [-0.3, -0.25) is 9.59 Å². The van der Waals surface area contributed by atoms with Crippen LogP contribution in [-0.4, -0.2) is 21.8 Å². The van der Waals surface area contributed by atoms with E-state index in [4.69, 9.17) is 0 Å². The third kappa shape index (κ3) is 4.54. The van der Waals surface area contributed by atoms with Crippen molar-refractivity contribution in [2.24, 2.45) is 0 Å². The van der Waals surface area contributed by atoms with Gasteiger partial charge in [-0.15, -0.1) is 0 Å². The smallest absolute Gasteiger partial charge is 0.255 e. The number of fused-ring (bicyclic) bond motifs is 1.